The number of unbranched alkanes of at least 4 members (excludes halogenated alkanes) is 6. The zero-order chi connectivity index (χ0) is 21.0. The van der Waals surface area contributed by atoms with Gasteiger partial charge in [-0.1, -0.05) is 94.7 Å². The summed E-state index contributed by atoms with van der Waals surface area (Å²) >= 11 is 0. The van der Waals surface area contributed by atoms with Crippen LogP contribution in [0.25, 0.3) is 11.3 Å². The van der Waals surface area contributed by atoms with E-state index in [1.54, 1.807) is 0 Å². The Labute approximate surface area is 185 Å². The van der Waals surface area contributed by atoms with Gasteiger partial charge in [-0.2, -0.15) is 0 Å². The van der Waals surface area contributed by atoms with Crippen molar-refractivity contribution < 1.29 is 0 Å². The zero-order valence-corrected chi connectivity index (χ0v) is 19.1. The lowest BCUT2D eigenvalue weighted by Crippen LogP contribution is -2.13. The van der Waals surface area contributed by atoms with E-state index >= 15 is 0 Å². The van der Waals surface area contributed by atoms with Gasteiger partial charge in [0.2, 0.25) is 0 Å². The van der Waals surface area contributed by atoms with Gasteiger partial charge in [0.05, 0.1) is 5.69 Å². The van der Waals surface area contributed by atoms with Crippen LogP contribution in [0.4, 0.5) is 0 Å². The molecule has 1 nitrogen and oxygen atoms in total. The van der Waals surface area contributed by atoms with Crippen LogP contribution in [0.1, 0.15) is 101 Å². The van der Waals surface area contributed by atoms with Gasteiger partial charge in [-0.3, -0.25) is 4.98 Å². The number of hydrogen-bond acceptors (Lipinski definition) is 1. The summed E-state index contributed by atoms with van der Waals surface area (Å²) in [5.41, 5.74) is 5.03. The van der Waals surface area contributed by atoms with Gasteiger partial charge in [-0.25, -0.2) is 0 Å². The molecule has 1 heterocycles. The molecule has 0 aliphatic heterocycles. The van der Waals surface area contributed by atoms with Gasteiger partial charge in [-0.15, -0.1) is 6.58 Å². The molecule has 1 fully saturated rings. The fraction of sp³-hybridized carbons (Fsp3) is 0.552. The minimum atomic E-state index is 0.757. The van der Waals surface area contributed by atoms with Gasteiger partial charge >= 0.3 is 0 Å². The lowest BCUT2D eigenvalue weighted by atomic mass is 9.77. The first kappa shape index (κ1) is 22.8. The van der Waals surface area contributed by atoms with Crippen molar-refractivity contribution in [1.82, 2.24) is 4.98 Å². The van der Waals surface area contributed by atoms with E-state index in [0.29, 0.717) is 0 Å². The third-order valence-electron chi connectivity index (χ3n) is 6.95. The number of rotatable bonds is 12. The van der Waals surface area contributed by atoms with E-state index in [9.17, 15) is 0 Å². The van der Waals surface area contributed by atoms with Crippen LogP contribution in [0, 0.1) is 5.92 Å². The molecule has 0 amide bonds. The summed E-state index contributed by atoms with van der Waals surface area (Å²) in [5.74, 6) is 1.74. The molecule has 30 heavy (non-hydrogen) atoms. The third kappa shape index (κ3) is 7.11. The minimum Gasteiger partial charge on any atom is -0.256 e. The van der Waals surface area contributed by atoms with E-state index < -0.39 is 0 Å². The van der Waals surface area contributed by atoms with Crippen LogP contribution < -0.4 is 0 Å². The molecule has 1 heteroatoms. The first-order valence-corrected chi connectivity index (χ1v) is 12.5. The summed E-state index contributed by atoms with van der Waals surface area (Å²) in [6, 6.07) is 13.5. The summed E-state index contributed by atoms with van der Waals surface area (Å²) in [6.07, 6.45) is 21.9. The first-order chi connectivity index (χ1) is 14.8. The van der Waals surface area contributed by atoms with E-state index in [1.807, 2.05) is 12.3 Å². The molecule has 1 aromatic carbocycles. The highest BCUT2D eigenvalue weighted by molar-refractivity contribution is 5.59. The standard InChI is InChI=1S/C29H41N/c1-3-5-6-7-8-9-10-12-24-13-16-26(17-14-24)27-18-20-28(21-19-27)29-22-15-25(11-4-2)23-30-29/h4,15,18-24,26H,2-3,5-14,16-17H2,1H3. The van der Waals surface area contributed by atoms with Crippen molar-refractivity contribution in [2.75, 3.05) is 0 Å². The summed E-state index contributed by atoms with van der Waals surface area (Å²) in [5, 5.41) is 0. The van der Waals surface area contributed by atoms with Crippen molar-refractivity contribution in [2.24, 2.45) is 5.92 Å². The quantitative estimate of drug-likeness (QED) is 0.255. The molecule has 0 bridgehead atoms. The maximum absolute atomic E-state index is 4.63. The van der Waals surface area contributed by atoms with Gasteiger partial charge in [0.1, 0.15) is 0 Å². The predicted octanol–water partition coefficient (Wildman–Crippen LogP) is 8.89. The Bertz CT molecular complexity index is 720. The SMILES string of the molecule is C=CCc1ccc(-c2ccc(C3CCC(CCCCCCCCC)CC3)cc2)nc1. The molecule has 0 spiro atoms. The lowest BCUT2D eigenvalue weighted by molar-refractivity contribution is 0.302. The molecule has 1 aromatic heterocycles. The van der Waals surface area contributed by atoms with Crippen LogP contribution in [0.5, 0.6) is 0 Å². The van der Waals surface area contributed by atoms with Crippen LogP contribution in [-0.2, 0) is 6.42 Å². The molecule has 2 aromatic rings. The molecule has 0 saturated heterocycles. The molecule has 1 saturated carbocycles. The molecule has 0 unspecified atom stereocenters. The van der Waals surface area contributed by atoms with Crippen molar-refractivity contribution in [3.8, 4) is 11.3 Å². The second kappa shape index (κ2) is 12.7. The maximum atomic E-state index is 4.63. The summed E-state index contributed by atoms with van der Waals surface area (Å²) in [6.45, 7) is 6.10. The van der Waals surface area contributed by atoms with Crippen LogP contribution in [-0.4, -0.2) is 4.98 Å². The van der Waals surface area contributed by atoms with E-state index in [1.165, 1.54) is 93.7 Å². The second-order valence-electron chi connectivity index (χ2n) is 9.29. The van der Waals surface area contributed by atoms with Crippen molar-refractivity contribution in [1.29, 1.82) is 0 Å². The zero-order valence-electron chi connectivity index (χ0n) is 19.1. The smallest absolute Gasteiger partial charge is 0.0702 e. The fourth-order valence-corrected chi connectivity index (χ4v) is 4.98. The Morgan fingerprint density at radius 3 is 2.20 bits per heavy atom. The number of benzene rings is 1. The van der Waals surface area contributed by atoms with Crippen molar-refractivity contribution in [3.05, 3.63) is 66.4 Å². The highest BCUT2D eigenvalue weighted by Gasteiger charge is 2.22. The maximum Gasteiger partial charge on any atom is 0.0702 e. The number of hydrogen-bond donors (Lipinski definition) is 0. The Balaban J connectivity index is 1.40. The van der Waals surface area contributed by atoms with Crippen LogP contribution in [0.2, 0.25) is 0 Å². The Kier molecular flexibility index (Phi) is 9.67. The van der Waals surface area contributed by atoms with Crippen molar-refractivity contribution in [2.45, 2.75) is 96.3 Å². The normalized spacial score (nSPS) is 19.0. The van der Waals surface area contributed by atoms with Crippen molar-refractivity contribution >= 4 is 0 Å². The van der Waals surface area contributed by atoms with E-state index in [-0.39, 0.29) is 0 Å². The number of allylic oxidation sites excluding steroid dienone is 1. The topological polar surface area (TPSA) is 12.9 Å². The average molecular weight is 404 g/mol. The van der Waals surface area contributed by atoms with Gasteiger partial charge in [-0.05, 0) is 61.1 Å². The highest BCUT2D eigenvalue weighted by atomic mass is 14.7. The van der Waals surface area contributed by atoms with E-state index in [4.69, 9.17) is 0 Å². The molecule has 162 valence electrons. The average Bonchev–Trinajstić information content (AvgIpc) is 2.80. The van der Waals surface area contributed by atoms with Gasteiger partial charge in [0, 0.05) is 11.8 Å². The molecule has 3 rings (SSSR count). The van der Waals surface area contributed by atoms with Gasteiger partial charge in [0.25, 0.3) is 0 Å². The monoisotopic (exact) mass is 403 g/mol. The van der Waals surface area contributed by atoms with Crippen LogP contribution in [0.15, 0.2) is 55.3 Å². The second-order valence-corrected chi connectivity index (χ2v) is 9.29. The number of pyridine rings is 1. The predicted molar refractivity (Wildman–Crippen MR) is 131 cm³/mol. The molecule has 1 aliphatic rings. The van der Waals surface area contributed by atoms with Gasteiger partial charge in [0.15, 0.2) is 0 Å². The lowest BCUT2D eigenvalue weighted by Gasteiger charge is -2.29. The molecule has 0 atom stereocenters. The molecular weight excluding hydrogens is 362 g/mol. The van der Waals surface area contributed by atoms with Crippen LogP contribution in [0.3, 0.4) is 0 Å². The molecular formula is C29H41N. The molecule has 0 N–H and O–H groups in total. The van der Waals surface area contributed by atoms with Crippen LogP contribution >= 0.6 is 0 Å². The Morgan fingerprint density at radius 1 is 0.867 bits per heavy atom. The third-order valence-corrected chi connectivity index (χ3v) is 6.95. The molecule has 0 radical (unpaired) electrons. The Hall–Kier alpha value is -1.89. The summed E-state index contributed by atoms with van der Waals surface area (Å²) < 4.78 is 0. The number of nitrogens with zero attached hydrogens (tertiary/aromatic N) is 1. The summed E-state index contributed by atoms with van der Waals surface area (Å²) in [7, 11) is 0. The largest absolute Gasteiger partial charge is 0.256 e. The summed E-state index contributed by atoms with van der Waals surface area (Å²) in [4.78, 5) is 4.63. The Morgan fingerprint density at radius 2 is 1.57 bits per heavy atom. The van der Waals surface area contributed by atoms with Gasteiger partial charge < -0.3 is 0 Å². The van der Waals surface area contributed by atoms with Crippen molar-refractivity contribution in [3.63, 3.8) is 0 Å². The van der Waals surface area contributed by atoms with E-state index in [0.717, 1.165) is 24.0 Å². The van der Waals surface area contributed by atoms with E-state index in [2.05, 4.69) is 54.9 Å². The number of aromatic nitrogens is 1. The fourth-order valence-electron chi connectivity index (χ4n) is 4.98. The highest BCUT2D eigenvalue weighted by Crippen LogP contribution is 2.38. The minimum absolute atomic E-state index is 0.757. The first-order valence-electron chi connectivity index (χ1n) is 12.5. The molecule has 1 aliphatic carbocycles.